The maximum Gasteiger partial charge on any atom is 1.00 e. The van der Waals surface area contributed by atoms with E-state index in [9.17, 15) is 0 Å². The second kappa shape index (κ2) is 6.96. The molecule has 1 atom stereocenters. The number of amidine groups is 1. The van der Waals surface area contributed by atoms with Crippen LogP contribution < -0.4 is 51.4 Å². The molecule has 0 saturated carbocycles. The van der Waals surface area contributed by atoms with Gasteiger partial charge in [0, 0.05) is 24.6 Å². The molecule has 2 aliphatic rings. The van der Waals surface area contributed by atoms with Crippen LogP contribution in [0.5, 0.6) is 0 Å². The minimum atomic E-state index is 0. The van der Waals surface area contributed by atoms with Gasteiger partial charge in [0.15, 0.2) is 0 Å². The average Bonchev–Trinajstić information content (AvgIpc) is 2.43. The molecule has 2 heterocycles. The minimum absolute atomic E-state index is 0. The smallest absolute Gasteiger partial charge is 0.397 e. The van der Waals surface area contributed by atoms with Crippen LogP contribution in [0.4, 0.5) is 0 Å². The largest absolute Gasteiger partial charge is 1.00 e. The second-order valence-corrected chi connectivity index (χ2v) is 4.54. The van der Waals surface area contributed by atoms with Gasteiger partial charge in [-0.1, -0.05) is 18.7 Å². The Balaban J connectivity index is 0.00000128. The molecule has 2 aliphatic heterocycles. The molecule has 0 aromatic heterocycles. The van der Waals surface area contributed by atoms with Gasteiger partial charge in [0.05, 0.1) is 0 Å². The predicted molar refractivity (Wildman–Crippen MR) is 64.9 cm³/mol. The molecule has 2 nitrogen and oxygen atoms in total. The molecule has 0 amide bonds. The van der Waals surface area contributed by atoms with Crippen molar-refractivity contribution in [3.8, 4) is 0 Å². The van der Waals surface area contributed by atoms with Crippen molar-refractivity contribution in [2.24, 2.45) is 4.99 Å². The van der Waals surface area contributed by atoms with E-state index in [1.807, 2.05) is 11.8 Å². The molecule has 0 aromatic carbocycles. The van der Waals surface area contributed by atoms with Crippen LogP contribution in [0.2, 0.25) is 0 Å². The van der Waals surface area contributed by atoms with E-state index in [-0.39, 0.29) is 76.0 Å². The van der Waals surface area contributed by atoms with Crippen molar-refractivity contribution in [3.05, 3.63) is 47.7 Å². The summed E-state index contributed by atoms with van der Waals surface area (Å²) < 4.78 is 0. The number of hydrogen-bond donors (Lipinski definition) is 0. The molecule has 0 N–H and O–H groups in total. The van der Waals surface area contributed by atoms with Gasteiger partial charge in [0.2, 0.25) is 0 Å². The van der Waals surface area contributed by atoms with E-state index in [1.165, 1.54) is 11.8 Å². The van der Waals surface area contributed by atoms with Crippen molar-refractivity contribution in [1.82, 2.24) is 4.90 Å². The fourth-order valence-electron chi connectivity index (χ4n) is 1.83. The third-order valence-corrected chi connectivity index (χ3v) is 3.56. The monoisotopic (exact) mass is 306 g/mol. The molecule has 0 spiro atoms. The van der Waals surface area contributed by atoms with E-state index >= 15 is 0 Å². The third kappa shape index (κ3) is 3.12. The molecule has 1 fully saturated rings. The number of fused-ring (bicyclic) bond motifs is 1. The van der Waals surface area contributed by atoms with Gasteiger partial charge in [-0.25, -0.2) is 0 Å². The van der Waals surface area contributed by atoms with Crippen molar-refractivity contribution in [1.29, 1.82) is 0 Å². The molecule has 0 aromatic rings. The van der Waals surface area contributed by atoms with Crippen molar-refractivity contribution < 1.29 is 69.9 Å². The number of aliphatic imine (C=N–C) groups is 1. The predicted octanol–water partition coefficient (Wildman–Crippen LogP) is -0.111. The van der Waals surface area contributed by atoms with Crippen molar-refractivity contribution in [2.45, 2.75) is 19.9 Å². The molecular formula is C12H12KN2SV-. The van der Waals surface area contributed by atoms with Crippen LogP contribution in [-0.2, 0) is 18.6 Å². The van der Waals surface area contributed by atoms with E-state index in [4.69, 9.17) is 6.58 Å². The Morgan fingerprint density at radius 2 is 2.12 bits per heavy atom. The van der Waals surface area contributed by atoms with Crippen LogP contribution in [0, 0.1) is 12.7 Å². The number of rotatable bonds is 1. The van der Waals surface area contributed by atoms with Crippen LogP contribution in [0.1, 0.15) is 13.8 Å². The second-order valence-electron chi connectivity index (χ2n) is 3.53. The number of thioether (sulfide) groups is 1. The first-order chi connectivity index (χ1) is 7.06. The zero-order valence-corrected chi connectivity index (χ0v) is 15.7. The van der Waals surface area contributed by atoms with Gasteiger partial charge in [0.25, 0.3) is 0 Å². The number of hydrogen-bond acceptors (Lipinski definition) is 3. The first-order valence-corrected chi connectivity index (χ1v) is 5.49. The van der Waals surface area contributed by atoms with Crippen LogP contribution in [-0.4, -0.2) is 16.1 Å². The van der Waals surface area contributed by atoms with Crippen LogP contribution in [0.25, 0.3) is 0 Å². The maximum atomic E-state index is 5.84. The SMILES string of the molecule is [CH-]=C1SC2=NC(C)=C([C-]=C)C(C)N2C1=C.[K+].[V]. The third-order valence-electron chi connectivity index (χ3n) is 2.63. The van der Waals surface area contributed by atoms with Gasteiger partial charge in [-0.3, -0.25) is 12.7 Å². The van der Waals surface area contributed by atoms with Gasteiger partial charge in [0.1, 0.15) is 5.17 Å². The van der Waals surface area contributed by atoms with E-state index in [0.717, 1.165) is 27.0 Å². The number of nitrogens with zero attached hydrogens (tertiary/aromatic N) is 2. The Bertz CT molecular complexity index is 440. The fourth-order valence-corrected chi connectivity index (χ4v) is 2.79. The van der Waals surface area contributed by atoms with Crippen molar-refractivity contribution >= 4 is 16.9 Å². The standard InChI is InChI=1S/C12H12N2S.K.V/c1-6-11-7(2)13-12-14(9(11)4)8(3)10(5)15-12;;/h5,9H,1,3H2,2,4H3;;/q-2;+1;. The van der Waals surface area contributed by atoms with E-state index in [0.29, 0.717) is 0 Å². The van der Waals surface area contributed by atoms with Crippen LogP contribution in [0.3, 0.4) is 0 Å². The van der Waals surface area contributed by atoms with Gasteiger partial charge in [-0.2, -0.15) is 18.7 Å². The van der Waals surface area contributed by atoms with E-state index in [1.54, 1.807) is 0 Å². The zero-order valence-electron chi connectivity index (χ0n) is 10.3. The molecule has 1 saturated heterocycles. The molecule has 1 unspecified atom stereocenters. The molecule has 17 heavy (non-hydrogen) atoms. The Morgan fingerprint density at radius 3 is 2.65 bits per heavy atom. The topological polar surface area (TPSA) is 15.6 Å². The molecule has 1 radical (unpaired) electrons. The summed E-state index contributed by atoms with van der Waals surface area (Å²) in [5.41, 5.74) is 2.79. The minimum Gasteiger partial charge on any atom is -0.397 e. The van der Waals surface area contributed by atoms with Crippen molar-refractivity contribution in [2.75, 3.05) is 0 Å². The number of allylic oxidation sites excluding steroid dienone is 1. The first-order valence-electron chi connectivity index (χ1n) is 4.67. The Morgan fingerprint density at radius 1 is 1.53 bits per heavy atom. The molecule has 5 heteroatoms. The fraction of sp³-hybridized carbons (Fsp3) is 0.250. The Hall–Kier alpha value is 1.00. The Kier molecular flexibility index (Phi) is 7.37. The zero-order chi connectivity index (χ0) is 11.2. The first kappa shape index (κ1) is 18.0. The summed E-state index contributed by atoms with van der Waals surface area (Å²) in [4.78, 5) is 7.22. The summed E-state index contributed by atoms with van der Waals surface area (Å²) in [7, 11) is 0. The Labute approximate surface area is 162 Å². The summed E-state index contributed by atoms with van der Waals surface area (Å²) >= 11 is 1.47. The van der Waals surface area contributed by atoms with Gasteiger partial charge < -0.3 is 9.89 Å². The van der Waals surface area contributed by atoms with Gasteiger partial charge in [-0.15, -0.1) is 16.3 Å². The van der Waals surface area contributed by atoms with Crippen LogP contribution >= 0.6 is 11.8 Å². The maximum absolute atomic E-state index is 5.84. The van der Waals surface area contributed by atoms with E-state index in [2.05, 4.69) is 31.2 Å². The molecule has 2 rings (SSSR count). The van der Waals surface area contributed by atoms with Crippen molar-refractivity contribution in [3.63, 3.8) is 0 Å². The summed E-state index contributed by atoms with van der Waals surface area (Å²) in [6.45, 7) is 17.5. The quantitative estimate of drug-likeness (QED) is 0.496. The summed E-state index contributed by atoms with van der Waals surface area (Å²) in [5, 5.41) is 0.904. The molecule has 83 valence electrons. The van der Waals surface area contributed by atoms with Gasteiger partial charge >= 0.3 is 51.4 Å². The summed E-state index contributed by atoms with van der Waals surface area (Å²) in [6.07, 6.45) is 2.93. The van der Waals surface area contributed by atoms with Gasteiger partial charge in [-0.05, 0) is 6.92 Å². The molecular weight excluding hydrogens is 294 g/mol. The van der Waals surface area contributed by atoms with E-state index < -0.39 is 0 Å². The molecule has 0 bridgehead atoms. The summed E-state index contributed by atoms with van der Waals surface area (Å²) in [5.74, 6) is 0. The normalized spacial score (nSPS) is 22.6. The van der Waals surface area contributed by atoms with Crippen LogP contribution in [0.15, 0.2) is 40.0 Å². The molecule has 0 aliphatic carbocycles. The average molecular weight is 306 g/mol. The summed E-state index contributed by atoms with van der Waals surface area (Å²) in [6, 6.07) is 0.163.